The monoisotopic (exact) mass is 407 g/mol. The largest absolute Gasteiger partial charge is 0.382 e. The van der Waals surface area contributed by atoms with E-state index >= 15 is 0 Å². The number of aromatic nitrogens is 4. The van der Waals surface area contributed by atoms with E-state index in [0.29, 0.717) is 30.1 Å². The molecule has 2 aromatic heterocycles. The van der Waals surface area contributed by atoms with Crippen LogP contribution in [0.4, 0.5) is 5.82 Å². The Kier molecular flexibility index (Phi) is 7.98. The van der Waals surface area contributed by atoms with Crippen molar-refractivity contribution < 1.29 is 18.3 Å². The van der Waals surface area contributed by atoms with E-state index in [1.54, 1.807) is 27.9 Å². The molecule has 1 unspecified atom stereocenters. The molecule has 12 heteroatoms. The Balaban J connectivity index is 1.89. The van der Waals surface area contributed by atoms with Gasteiger partial charge in [-0.3, -0.25) is 4.57 Å². The highest BCUT2D eigenvalue weighted by Crippen LogP contribution is 2.47. The number of rotatable bonds is 11. The molecule has 2 rings (SSSR count). The molecule has 0 amide bonds. The van der Waals surface area contributed by atoms with Crippen molar-refractivity contribution in [2.45, 2.75) is 19.6 Å². The number of ether oxygens (including phenoxy) is 1. The first-order valence-corrected chi connectivity index (χ1v) is 11.9. The van der Waals surface area contributed by atoms with Crippen LogP contribution in [0, 0.1) is 0 Å². The highest BCUT2D eigenvalue weighted by Gasteiger charge is 2.24. The van der Waals surface area contributed by atoms with Crippen molar-refractivity contribution in [1.29, 1.82) is 0 Å². The van der Waals surface area contributed by atoms with Gasteiger partial charge in [0.2, 0.25) is 0 Å². The Morgan fingerprint density at radius 2 is 2.20 bits per heavy atom. The zero-order valence-corrected chi connectivity index (χ0v) is 16.9. The summed E-state index contributed by atoms with van der Waals surface area (Å²) in [6.07, 6.45) is 4.63. The summed E-state index contributed by atoms with van der Waals surface area (Å²) in [7, 11) is 1.36. The quantitative estimate of drug-likeness (QED) is 0.339. The Hall–Kier alpha value is -0.840. The maximum absolute atomic E-state index is 12.5. The molecule has 2 heterocycles. The van der Waals surface area contributed by atoms with Crippen LogP contribution in [0.2, 0.25) is 0 Å². The second-order valence-electron chi connectivity index (χ2n) is 5.05. The summed E-state index contributed by atoms with van der Waals surface area (Å²) in [5, 5.41) is 0. The number of nitrogen functional groups attached to an aromatic ring is 1. The molecule has 0 spiro atoms. The predicted molar refractivity (Wildman–Crippen MR) is 102 cm³/mol. The highest BCUT2D eigenvalue weighted by atomic mass is 33.1. The fourth-order valence-electron chi connectivity index (χ4n) is 2.02. The van der Waals surface area contributed by atoms with Gasteiger partial charge in [-0.2, -0.15) is 0 Å². The van der Waals surface area contributed by atoms with Gasteiger partial charge in [0.15, 0.2) is 11.5 Å². The topological polar surface area (TPSA) is 114 Å². The fraction of sp³-hybridized carbons (Fsp3) is 0.615. The molecule has 0 saturated carbocycles. The number of anilines is 1. The molecule has 0 aromatic carbocycles. The predicted octanol–water partition coefficient (Wildman–Crippen LogP) is 2.64. The van der Waals surface area contributed by atoms with Gasteiger partial charge in [0.25, 0.3) is 0 Å². The van der Waals surface area contributed by atoms with Crippen molar-refractivity contribution in [3.05, 3.63) is 12.7 Å². The molecule has 0 bridgehead atoms. The SMILES string of the molecule is COP(=O)(CO[C@H](C)Cn1cnc2c(N)ncnc21)OCCSSC. The standard InChI is InChI=1S/C13H22N5O4PS2/c1-10(21-9-23(19,20-2)22-4-5-25-24-3)6-18-8-17-11-12(14)15-7-16-13(11)18/h7-8,10H,4-6,9H2,1-3H3,(H2,14,15,16)/t10-,23?/m1/s1. The Morgan fingerprint density at radius 3 is 2.92 bits per heavy atom. The first-order valence-electron chi connectivity index (χ1n) is 7.47. The normalized spacial score (nSPS) is 15.3. The summed E-state index contributed by atoms with van der Waals surface area (Å²) in [5.74, 6) is 1.06. The third-order valence-corrected chi connectivity index (χ3v) is 6.62. The van der Waals surface area contributed by atoms with Gasteiger partial charge in [0, 0.05) is 12.9 Å². The van der Waals surface area contributed by atoms with E-state index in [1.807, 2.05) is 17.7 Å². The van der Waals surface area contributed by atoms with E-state index in [0.717, 1.165) is 5.75 Å². The van der Waals surface area contributed by atoms with E-state index < -0.39 is 7.60 Å². The number of hydrogen-bond acceptors (Lipinski definition) is 10. The number of nitrogens with two attached hydrogens (primary N) is 1. The third-order valence-electron chi connectivity index (χ3n) is 3.25. The Bertz CT molecular complexity index is 732. The summed E-state index contributed by atoms with van der Waals surface area (Å²) < 4.78 is 30.3. The van der Waals surface area contributed by atoms with Crippen molar-refractivity contribution in [3.8, 4) is 0 Å². The number of hydrogen-bond donors (Lipinski definition) is 1. The van der Waals surface area contributed by atoms with Crippen LogP contribution in [0.25, 0.3) is 11.2 Å². The van der Waals surface area contributed by atoms with Crippen molar-refractivity contribution in [2.75, 3.05) is 37.8 Å². The van der Waals surface area contributed by atoms with Gasteiger partial charge in [-0.15, -0.1) is 0 Å². The van der Waals surface area contributed by atoms with Crippen LogP contribution in [-0.2, 0) is 24.9 Å². The average Bonchev–Trinajstić information content (AvgIpc) is 3.01. The minimum Gasteiger partial charge on any atom is -0.382 e. The van der Waals surface area contributed by atoms with Gasteiger partial charge in [-0.05, 0) is 13.2 Å². The summed E-state index contributed by atoms with van der Waals surface area (Å²) in [5.41, 5.74) is 6.95. The van der Waals surface area contributed by atoms with E-state index in [9.17, 15) is 4.57 Å². The van der Waals surface area contributed by atoms with Gasteiger partial charge >= 0.3 is 7.60 Å². The first kappa shape index (κ1) is 20.5. The minimum absolute atomic E-state index is 0.113. The van der Waals surface area contributed by atoms with Crippen LogP contribution in [0.3, 0.4) is 0 Å². The zero-order chi connectivity index (χ0) is 18.3. The van der Waals surface area contributed by atoms with Gasteiger partial charge < -0.3 is 24.1 Å². The third kappa shape index (κ3) is 5.83. The van der Waals surface area contributed by atoms with Gasteiger partial charge in [-0.1, -0.05) is 21.6 Å². The fourth-order valence-corrected chi connectivity index (χ4v) is 4.25. The Labute approximate surface area is 154 Å². The molecule has 2 N–H and O–H groups in total. The molecule has 2 aromatic rings. The lowest BCUT2D eigenvalue weighted by atomic mass is 10.4. The molecule has 0 saturated heterocycles. The lowest BCUT2D eigenvalue weighted by Crippen LogP contribution is -2.18. The molecule has 2 atom stereocenters. The molecular weight excluding hydrogens is 385 g/mol. The van der Waals surface area contributed by atoms with Crippen LogP contribution in [-0.4, -0.2) is 57.7 Å². The van der Waals surface area contributed by atoms with E-state index in [4.69, 9.17) is 19.5 Å². The molecular formula is C13H22N5O4PS2. The maximum atomic E-state index is 12.5. The molecule has 0 aliphatic heterocycles. The van der Waals surface area contributed by atoms with Crippen LogP contribution >= 0.6 is 29.2 Å². The number of imidazole rings is 1. The van der Waals surface area contributed by atoms with E-state index in [-0.39, 0.29) is 12.5 Å². The minimum atomic E-state index is -3.26. The van der Waals surface area contributed by atoms with Crippen molar-refractivity contribution in [1.82, 2.24) is 19.5 Å². The lowest BCUT2D eigenvalue weighted by Gasteiger charge is -2.19. The number of fused-ring (bicyclic) bond motifs is 1. The van der Waals surface area contributed by atoms with Crippen molar-refractivity contribution in [2.24, 2.45) is 0 Å². The molecule has 9 nitrogen and oxygen atoms in total. The second-order valence-corrected chi connectivity index (χ2v) is 9.84. The highest BCUT2D eigenvalue weighted by molar-refractivity contribution is 8.76. The zero-order valence-electron chi connectivity index (χ0n) is 14.3. The van der Waals surface area contributed by atoms with Crippen LogP contribution in [0.15, 0.2) is 12.7 Å². The van der Waals surface area contributed by atoms with Gasteiger partial charge in [-0.25, -0.2) is 15.0 Å². The van der Waals surface area contributed by atoms with Crippen molar-refractivity contribution >= 4 is 46.2 Å². The molecule has 0 radical (unpaired) electrons. The smallest absolute Gasteiger partial charge is 0.355 e. The molecule has 25 heavy (non-hydrogen) atoms. The number of nitrogens with zero attached hydrogens (tertiary/aromatic N) is 4. The first-order chi connectivity index (χ1) is 12.0. The van der Waals surface area contributed by atoms with Crippen LogP contribution in [0.1, 0.15) is 6.92 Å². The summed E-state index contributed by atoms with van der Waals surface area (Å²) in [4.78, 5) is 12.3. The van der Waals surface area contributed by atoms with E-state index in [2.05, 4.69) is 15.0 Å². The molecule has 140 valence electrons. The maximum Gasteiger partial charge on any atom is 0.355 e. The van der Waals surface area contributed by atoms with Gasteiger partial charge in [0.1, 0.15) is 18.2 Å². The summed E-state index contributed by atoms with van der Waals surface area (Å²) >= 11 is 0. The Morgan fingerprint density at radius 1 is 1.40 bits per heavy atom. The second kappa shape index (κ2) is 9.75. The van der Waals surface area contributed by atoms with E-state index in [1.165, 1.54) is 13.4 Å². The molecule has 0 aliphatic rings. The molecule has 0 fully saturated rings. The molecule has 0 aliphatic carbocycles. The summed E-state index contributed by atoms with van der Waals surface area (Å²) in [6, 6.07) is 0. The van der Waals surface area contributed by atoms with Gasteiger partial charge in [0.05, 0.1) is 25.6 Å². The summed E-state index contributed by atoms with van der Waals surface area (Å²) in [6.45, 7) is 2.68. The van der Waals surface area contributed by atoms with Crippen molar-refractivity contribution in [3.63, 3.8) is 0 Å². The van der Waals surface area contributed by atoms with Crippen LogP contribution < -0.4 is 5.73 Å². The van der Waals surface area contributed by atoms with Crippen LogP contribution in [0.5, 0.6) is 0 Å². The average molecular weight is 407 g/mol. The lowest BCUT2D eigenvalue weighted by molar-refractivity contribution is 0.0697.